The summed E-state index contributed by atoms with van der Waals surface area (Å²) in [5.41, 5.74) is 4.60. The summed E-state index contributed by atoms with van der Waals surface area (Å²) < 4.78 is 0. The molecule has 144 valence electrons. The van der Waals surface area contributed by atoms with Gasteiger partial charge in [0.2, 0.25) is 5.91 Å². The van der Waals surface area contributed by atoms with Gasteiger partial charge in [0.15, 0.2) is 0 Å². The van der Waals surface area contributed by atoms with E-state index in [4.69, 9.17) is 0 Å². The third kappa shape index (κ3) is 6.05. The van der Waals surface area contributed by atoms with Gasteiger partial charge in [-0.3, -0.25) is 9.59 Å². The Balaban J connectivity index is 1.58. The van der Waals surface area contributed by atoms with E-state index in [9.17, 15) is 9.59 Å². The van der Waals surface area contributed by atoms with Crippen molar-refractivity contribution >= 4 is 17.5 Å². The SMILES string of the molecule is Cc1cc(C)cc(C(=O)NCC(=O)Nc2cccc(C#Cc3ccccn3)c2)c1. The molecule has 2 amide bonds. The number of rotatable bonds is 4. The maximum Gasteiger partial charge on any atom is 0.251 e. The first kappa shape index (κ1) is 19.8. The summed E-state index contributed by atoms with van der Waals surface area (Å²) in [5.74, 6) is 5.42. The Labute approximate surface area is 170 Å². The molecule has 5 nitrogen and oxygen atoms in total. The largest absolute Gasteiger partial charge is 0.343 e. The topological polar surface area (TPSA) is 71.1 Å². The van der Waals surface area contributed by atoms with Crippen molar-refractivity contribution in [2.45, 2.75) is 13.8 Å². The zero-order valence-electron chi connectivity index (χ0n) is 16.3. The van der Waals surface area contributed by atoms with Crippen molar-refractivity contribution in [2.75, 3.05) is 11.9 Å². The van der Waals surface area contributed by atoms with Gasteiger partial charge in [-0.2, -0.15) is 0 Å². The van der Waals surface area contributed by atoms with Crippen LogP contribution < -0.4 is 10.6 Å². The monoisotopic (exact) mass is 383 g/mol. The second kappa shape index (κ2) is 9.34. The van der Waals surface area contributed by atoms with Crippen LogP contribution in [0.4, 0.5) is 5.69 Å². The minimum Gasteiger partial charge on any atom is -0.343 e. The molecule has 0 atom stereocenters. The van der Waals surface area contributed by atoms with Crippen molar-refractivity contribution in [3.8, 4) is 11.8 Å². The summed E-state index contributed by atoms with van der Waals surface area (Å²) >= 11 is 0. The minimum atomic E-state index is -0.308. The number of pyridine rings is 1. The molecule has 0 unspecified atom stereocenters. The zero-order chi connectivity index (χ0) is 20.6. The highest BCUT2D eigenvalue weighted by atomic mass is 16.2. The fourth-order valence-electron chi connectivity index (χ4n) is 2.82. The Morgan fingerprint density at radius 3 is 2.45 bits per heavy atom. The van der Waals surface area contributed by atoms with Crippen LogP contribution in [0.2, 0.25) is 0 Å². The number of amides is 2. The molecule has 0 aliphatic rings. The van der Waals surface area contributed by atoms with Crippen LogP contribution in [0.3, 0.4) is 0 Å². The van der Waals surface area contributed by atoms with Crippen molar-refractivity contribution in [3.05, 3.63) is 94.8 Å². The first-order chi connectivity index (χ1) is 14.0. The molecule has 2 aromatic carbocycles. The van der Waals surface area contributed by atoms with Crippen molar-refractivity contribution in [1.29, 1.82) is 0 Å². The number of hydrogen-bond donors (Lipinski definition) is 2. The third-order valence-corrected chi connectivity index (χ3v) is 4.04. The smallest absolute Gasteiger partial charge is 0.251 e. The lowest BCUT2D eigenvalue weighted by Crippen LogP contribution is -2.32. The average molecular weight is 383 g/mol. The molecule has 0 aliphatic carbocycles. The fraction of sp³-hybridized carbons (Fsp3) is 0.125. The molecule has 0 spiro atoms. The van der Waals surface area contributed by atoms with Gasteiger partial charge in [0.05, 0.1) is 6.54 Å². The molecule has 1 aromatic heterocycles. The molecule has 0 saturated carbocycles. The molecule has 3 aromatic rings. The maximum absolute atomic E-state index is 12.3. The molecule has 1 heterocycles. The summed E-state index contributed by atoms with van der Waals surface area (Å²) in [6.07, 6.45) is 1.69. The van der Waals surface area contributed by atoms with Gasteiger partial charge in [0.1, 0.15) is 5.69 Å². The van der Waals surface area contributed by atoms with Crippen LogP contribution in [0.15, 0.2) is 66.9 Å². The maximum atomic E-state index is 12.3. The van der Waals surface area contributed by atoms with Crippen molar-refractivity contribution < 1.29 is 9.59 Å². The normalized spacial score (nSPS) is 9.86. The minimum absolute atomic E-state index is 0.115. The Morgan fingerprint density at radius 1 is 0.931 bits per heavy atom. The molecule has 3 rings (SSSR count). The number of aryl methyl sites for hydroxylation is 2. The molecule has 2 N–H and O–H groups in total. The van der Waals surface area contributed by atoms with E-state index in [2.05, 4.69) is 27.5 Å². The van der Waals surface area contributed by atoms with Crippen LogP contribution in [0.25, 0.3) is 0 Å². The van der Waals surface area contributed by atoms with E-state index in [0.29, 0.717) is 16.9 Å². The molecule has 0 radical (unpaired) electrons. The zero-order valence-corrected chi connectivity index (χ0v) is 16.3. The molecular weight excluding hydrogens is 362 g/mol. The number of aromatic nitrogens is 1. The van der Waals surface area contributed by atoms with Gasteiger partial charge in [-0.15, -0.1) is 0 Å². The number of nitrogens with one attached hydrogen (secondary N) is 2. The van der Waals surface area contributed by atoms with E-state index >= 15 is 0 Å². The first-order valence-electron chi connectivity index (χ1n) is 9.19. The van der Waals surface area contributed by atoms with Crippen LogP contribution in [-0.2, 0) is 4.79 Å². The summed E-state index contributed by atoms with van der Waals surface area (Å²) in [7, 11) is 0. The molecule has 0 aliphatic heterocycles. The molecule has 0 bridgehead atoms. The number of hydrogen-bond acceptors (Lipinski definition) is 3. The van der Waals surface area contributed by atoms with E-state index < -0.39 is 0 Å². The van der Waals surface area contributed by atoms with Crippen LogP contribution in [0.1, 0.15) is 32.7 Å². The summed E-state index contributed by atoms with van der Waals surface area (Å²) in [6.45, 7) is 3.75. The van der Waals surface area contributed by atoms with Crippen LogP contribution in [-0.4, -0.2) is 23.3 Å². The van der Waals surface area contributed by atoms with Gasteiger partial charge >= 0.3 is 0 Å². The van der Waals surface area contributed by atoms with Crippen molar-refractivity contribution in [2.24, 2.45) is 0 Å². The molecule has 0 fully saturated rings. The van der Waals surface area contributed by atoms with E-state index in [0.717, 1.165) is 16.7 Å². The van der Waals surface area contributed by atoms with Gasteiger partial charge in [0.25, 0.3) is 5.91 Å². The second-order valence-corrected chi connectivity index (χ2v) is 6.65. The second-order valence-electron chi connectivity index (χ2n) is 6.65. The Morgan fingerprint density at radius 2 is 1.72 bits per heavy atom. The fourth-order valence-corrected chi connectivity index (χ4v) is 2.82. The van der Waals surface area contributed by atoms with E-state index in [-0.39, 0.29) is 18.4 Å². The van der Waals surface area contributed by atoms with Crippen LogP contribution in [0.5, 0.6) is 0 Å². The van der Waals surface area contributed by atoms with Crippen molar-refractivity contribution in [1.82, 2.24) is 10.3 Å². The van der Waals surface area contributed by atoms with E-state index in [1.54, 1.807) is 30.5 Å². The predicted molar refractivity (Wildman–Crippen MR) is 114 cm³/mol. The predicted octanol–water partition coefficient (Wildman–Crippen LogP) is 3.47. The van der Waals surface area contributed by atoms with Gasteiger partial charge in [0, 0.05) is 23.0 Å². The lowest BCUT2D eigenvalue weighted by atomic mass is 10.1. The van der Waals surface area contributed by atoms with Gasteiger partial charge in [-0.25, -0.2) is 4.98 Å². The average Bonchev–Trinajstić information content (AvgIpc) is 2.71. The van der Waals surface area contributed by atoms with E-state index in [1.165, 1.54) is 0 Å². The van der Waals surface area contributed by atoms with Crippen molar-refractivity contribution in [3.63, 3.8) is 0 Å². The highest BCUT2D eigenvalue weighted by molar-refractivity contribution is 5.99. The molecule has 29 heavy (non-hydrogen) atoms. The Bertz CT molecular complexity index is 1080. The van der Waals surface area contributed by atoms with Gasteiger partial charge in [-0.05, 0) is 62.2 Å². The number of carbonyl (C=O) groups excluding carboxylic acids is 2. The number of benzene rings is 2. The third-order valence-electron chi connectivity index (χ3n) is 4.04. The van der Waals surface area contributed by atoms with Crippen LogP contribution in [0, 0.1) is 25.7 Å². The first-order valence-corrected chi connectivity index (χ1v) is 9.19. The number of anilines is 1. The lowest BCUT2D eigenvalue weighted by molar-refractivity contribution is -0.115. The highest BCUT2D eigenvalue weighted by Gasteiger charge is 2.09. The summed E-state index contributed by atoms with van der Waals surface area (Å²) in [4.78, 5) is 28.6. The highest BCUT2D eigenvalue weighted by Crippen LogP contribution is 2.10. The molecule has 5 heteroatoms. The van der Waals surface area contributed by atoms with E-state index in [1.807, 2.05) is 50.2 Å². The standard InChI is InChI=1S/C24H21N3O2/c1-17-12-18(2)14-20(13-17)24(29)26-16-23(28)27-22-8-5-6-19(15-22)9-10-21-7-3-4-11-25-21/h3-8,11-15H,16H2,1-2H3,(H,26,29)(H,27,28). The van der Waals surface area contributed by atoms with Gasteiger partial charge < -0.3 is 10.6 Å². The molecule has 0 saturated heterocycles. The summed E-state index contributed by atoms with van der Waals surface area (Å²) in [6, 6.07) is 18.3. The van der Waals surface area contributed by atoms with Crippen LogP contribution >= 0.6 is 0 Å². The Hall–Kier alpha value is -3.91. The Kier molecular flexibility index (Phi) is 6.39. The summed E-state index contributed by atoms with van der Waals surface area (Å²) in [5, 5.41) is 5.42. The number of carbonyl (C=O) groups is 2. The quantitative estimate of drug-likeness (QED) is 0.678. The number of nitrogens with zero attached hydrogens (tertiary/aromatic N) is 1. The molecular formula is C24H21N3O2. The lowest BCUT2D eigenvalue weighted by Gasteiger charge is -2.08. The van der Waals surface area contributed by atoms with Gasteiger partial charge in [-0.1, -0.05) is 35.2 Å².